The predicted octanol–water partition coefficient (Wildman–Crippen LogP) is 5.32. The Hall–Kier alpha value is -1.78. The van der Waals surface area contributed by atoms with Crippen LogP contribution >= 0.6 is 22.9 Å². The van der Waals surface area contributed by atoms with E-state index in [4.69, 9.17) is 16.3 Å². The number of ether oxygens (including phenoxy) is 1. The zero-order valence-electron chi connectivity index (χ0n) is 12.0. The van der Waals surface area contributed by atoms with Crippen LogP contribution in [0, 0.1) is 13.8 Å². The van der Waals surface area contributed by atoms with Gasteiger partial charge in [0.1, 0.15) is 5.75 Å². The van der Waals surface area contributed by atoms with Gasteiger partial charge >= 0.3 is 0 Å². The standard InChI is InChI=1S/C16H15ClN2OS/c1-9-4-5-15-13(6-9)19-16(21-15)18-12-7-10(2)11(17)8-14(12)20-3/h4-8H,1-3H3,(H,18,19). The van der Waals surface area contributed by atoms with Crippen molar-refractivity contribution < 1.29 is 4.74 Å². The number of rotatable bonds is 3. The van der Waals surface area contributed by atoms with Crippen LogP contribution in [-0.2, 0) is 0 Å². The van der Waals surface area contributed by atoms with E-state index in [1.165, 1.54) is 5.56 Å². The zero-order chi connectivity index (χ0) is 15.0. The summed E-state index contributed by atoms with van der Waals surface area (Å²) < 4.78 is 6.54. The molecule has 21 heavy (non-hydrogen) atoms. The molecule has 5 heteroatoms. The molecule has 1 aromatic heterocycles. The number of aromatic nitrogens is 1. The molecular formula is C16H15ClN2OS. The monoisotopic (exact) mass is 318 g/mol. The molecule has 108 valence electrons. The molecule has 0 amide bonds. The van der Waals surface area contributed by atoms with Crippen LogP contribution in [-0.4, -0.2) is 12.1 Å². The molecule has 3 aromatic rings. The summed E-state index contributed by atoms with van der Waals surface area (Å²) in [6.45, 7) is 4.03. The van der Waals surface area contributed by atoms with Gasteiger partial charge in [-0.1, -0.05) is 29.0 Å². The van der Waals surface area contributed by atoms with Gasteiger partial charge in [-0.3, -0.25) is 0 Å². The van der Waals surface area contributed by atoms with E-state index in [-0.39, 0.29) is 0 Å². The van der Waals surface area contributed by atoms with Gasteiger partial charge in [-0.05, 0) is 43.2 Å². The van der Waals surface area contributed by atoms with Crippen LogP contribution in [0.15, 0.2) is 30.3 Å². The lowest BCUT2D eigenvalue weighted by Gasteiger charge is -2.11. The first-order valence-electron chi connectivity index (χ1n) is 6.55. The highest BCUT2D eigenvalue weighted by atomic mass is 35.5. The number of fused-ring (bicyclic) bond motifs is 1. The molecule has 3 rings (SSSR count). The predicted molar refractivity (Wildman–Crippen MR) is 90.4 cm³/mol. The van der Waals surface area contributed by atoms with E-state index in [9.17, 15) is 0 Å². The Morgan fingerprint density at radius 2 is 2.00 bits per heavy atom. The fourth-order valence-corrected chi connectivity index (χ4v) is 3.15. The Morgan fingerprint density at radius 1 is 1.19 bits per heavy atom. The number of hydrogen-bond acceptors (Lipinski definition) is 4. The van der Waals surface area contributed by atoms with Gasteiger partial charge in [-0.25, -0.2) is 4.98 Å². The summed E-state index contributed by atoms with van der Waals surface area (Å²) in [5.74, 6) is 0.709. The fraction of sp³-hybridized carbons (Fsp3) is 0.188. The van der Waals surface area contributed by atoms with Crippen molar-refractivity contribution in [3.8, 4) is 5.75 Å². The number of nitrogens with one attached hydrogen (secondary N) is 1. The average molecular weight is 319 g/mol. The number of benzene rings is 2. The van der Waals surface area contributed by atoms with Crippen LogP contribution in [0.3, 0.4) is 0 Å². The van der Waals surface area contributed by atoms with Gasteiger partial charge in [0.2, 0.25) is 0 Å². The maximum atomic E-state index is 6.13. The Kier molecular flexibility index (Phi) is 3.74. The normalized spacial score (nSPS) is 10.9. The molecule has 0 bridgehead atoms. The fourth-order valence-electron chi connectivity index (χ4n) is 2.14. The summed E-state index contributed by atoms with van der Waals surface area (Å²) in [6, 6.07) is 10.1. The first-order chi connectivity index (χ1) is 10.1. The minimum atomic E-state index is 0.692. The van der Waals surface area contributed by atoms with E-state index >= 15 is 0 Å². The molecule has 0 fully saturated rings. The molecule has 0 aliphatic rings. The number of methoxy groups -OCH3 is 1. The van der Waals surface area contributed by atoms with Crippen molar-refractivity contribution in [3.63, 3.8) is 0 Å². The Balaban J connectivity index is 2.00. The molecule has 1 heterocycles. The number of nitrogens with zero attached hydrogens (tertiary/aromatic N) is 1. The topological polar surface area (TPSA) is 34.1 Å². The molecular weight excluding hydrogens is 304 g/mol. The highest BCUT2D eigenvalue weighted by Gasteiger charge is 2.10. The number of anilines is 2. The Morgan fingerprint density at radius 3 is 2.76 bits per heavy atom. The molecule has 0 saturated carbocycles. The third kappa shape index (κ3) is 2.82. The van der Waals surface area contributed by atoms with Gasteiger partial charge in [-0.15, -0.1) is 0 Å². The van der Waals surface area contributed by atoms with Gasteiger partial charge in [0.15, 0.2) is 5.13 Å². The Bertz CT molecular complexity index is 813. The van der Waals surface area contributed by atoms with Crippen LogP contribution in [0.25, 0.3) is 10.2 Å². The van der Waals surface area contributed by atoms with Gasteiger partial charge in [-0.2, -0.15) is 0 Å². The molecule has 0 radical (unpaired) electrons. The summed E-state index contributed by atoms with van der Waals surface area (Å²) in [5, 5.41) is 4.86. The van der Waals surface area contributed by atoms with Crippen LogP contribution in [0.1, 0.15) is 11.1 Å². The molecule has 0 unspecified atom stereocenters. The minimum Gasteiger partial charge on any atom is -0.495 e. The summed E-state index contributed by atoms with van der Waals surface area (Å²) in [5.41, 5.74) is 4.08. The first kappa shape index (κ1) is 14.2. The molecule has 0 aliphatic heterocycles. The summed E-state index contributed by atoms with van der Waals surface area (Å²) in [7, 11) is 1.63. The smallest absolute Gasteiger partial charge is 0.188 e. The number of aryl methyl sites for hydroxylation is 2. The third-order valence-electron chi connectivity index (χ3n) is 3.27. The lowest BCUT2D eigenvalue weighted by Crippen LogP contribution is -1.95. The van der Waals surface area contributed by atoms with E-state index in [2.05, 4.69) is 35.4 Å². The second kappa shape index (κ2) is 5.54. The second-order valence-electron chi connectivity index (χ2n) is 4.92. The van der Waals surface area contributed by atoms with Crippen molar-refractivity contribution in [2.45, 2.75) is 13.8 Å². The SMILES string of the molecule is COc1cc(Cl)c(C)cc1Nc1nc2cc(C)ccc2s1. The third-order valence-corrected chi connectivity index (χ3v) is 4.62. The maximum Gasteiger partial charge on any atom is 0.188 e. The van der Waals surface area contributed by atoms with Crippen LogP contribution in [0.4, 0.5) is 10.8 Å². The van der Waals surface area contributed by atoms with Gasteiger partial charge in [0.05, 0.1) is 23.0 Å². The van der Waals surface area contributed by atoms with Crippen LogP contribution in [0.2, 0.25) is 5.02 Å². The van der Waals surface area contributed by atoms with Gasteiger partial charge in [0, 0.05) is 11.1 Å². The molecule has 0 atom stereocenters. The lowest BCUT2D eigenvalue weighted by molar-refractivity contribution is 0.417. The second-order valence-corrected chi connectivity index (χ2v) is 6.35. The van der Waals surface area contributed by atoms with E-state index in [1.807, 2.05) is 19.1 Å². The maximum absolute atomic E-state index is 6.13. The van der Waals surface area contributed by atoms with Crippen molar-refractivity contribution in [2.75, 3.05) is 12.4 Å². The summed E-state index contributed by atoms with van der Waals surface area (Å²) >= 11 is 7.75. The van der Waals surface area contributed by atoms with E-state index in [1.54, 1.807) is 18.4 Å². The van der Waals surface area contributed by atoms with Crippen LogP contribution < -0.4 is 10.1 Å². The highest BCUT2D eigenvalue weighted by Crippen LogP contribution is 2.35. The average Bonchev–Trinajstić information content (AvgIpc) is 2.84. The van der Waals surface area contributed by atoms with Crippen molar-refractivity contribution >= 4 is 44.0 Å². The zero-order valence-corrected chi connectivity index (χ0v) is 13.6. The Labute approximate surface area is 132 Å². The van der Waals surface area contributed by atoms with Crippen molar-refractivity contribution in [3.05, 3.63) is 46.5 Å². The highest BCUT2D eigenvalue weighted by molar-refractivity contribution is 7.22. The minimum absolute atomic E-state index is 0.692. The summed E-state index contributed by atoms with van der Waals surface area (Å²) in [6.07, 6.45) is 0. The number of halogens is 1. The number of hydrogen-bond donors (Lipinski definition) is 1. The lowest BCUT2D eigenvalue weighted by atomic mass is 10.2. The molecule has 1 N–H and O–H groups in total. The molecule has 3 nitrogen and oxygen atoms in total. The van der Waals surface area contributed by atoms with E-state index in [0.717, 1.165) is 26.6 Å². The molecule has 0 saturated heterocycles. The van der Waals surface area contributed by atoms with Crippen molar-refractivity contribution in [2.24, 2.45) is 0 Å². The van der Waals surface area contributed by atoms with E-state index in [0.29, 0.717) is 10.8 Å². The van der Waals surface area contributed by atoms with Crippen molar-refractivity contribution in [1.82, 2.24) is 4.98 Å². The first-order valence-corrected chi connectivity index (χ1v) is 7.74. The molecule has 0 aliphatic carbocycles. The number of thiazole rings is 1. The molecule has 0 spiro atoms. The van der Waals surface area contributed by atoms with Crippen LogP contribution in [0.5, 0.6) is 5.75 Å². The quantitative estimate of drug-likeness (QED) is 0.709. The van der Waals surface area contributed by atoms with E-state index < -0.39 is 0 Å². The van der Waals surface area contributed by atoms with Gasteiger partial charge in [0.25, 0.3) is 0 Å². The largest absolute Gasteiger partial charge is 0.495 e. The summed E-state index contributed by atoms with van der Waals surface area (Å²) in [4.78, 5) is 4.62. The van der Waals surface area contributed by atoms with Crippen molar-refractivity contribution in [1.29, 1.82) is 0 Å². The van der Waals surface area contributed by atoms with Gasteiger partial charge < -0.3 is 10.1 Å². The molecule has 2 aromatic carbocycles.